The van der Waals surface area contributed by atoms with E-state index in [1.54, 1.807) is 0 Å². The highest BCUT2D eigenvalue weighted by atomic mass is 16.3. The molecule has 1 saturated heterocycles. The maximum atomic E-state index is 9.44. The van der Waals surface area contributed by atoms with E-state index in [4.69, 9.17) is 5.11 Å². The number of piperidine rings is 1. The third-order valence-electron chi connectivity index (χ3n) is 3.27. The molecular weight excluding hydrogens is 216 g/mol. The van der Waals surface area contributed by atoms with Crippen LogP contribution in [0.5, 0.6) is 0 Å². The SMILES string of the molecule is CC(C)CNCC1CCCN(CC(O)CO)C1. The summed E-state index contributed by atoms with van der Waals surface area (Å²) in [4.78, 5) is 2.27. The molecular formula is C13H28N2O2. The number of hydrogen-bond acceptors (Lipinski definition) is 4. The van der Waals surface area contributed by atoms with Crippen molar-refractivity contribution in [2.45, 2.75) is 32.8 Å². The number of likely N-dealkylation sites (tertiary alicyclic amines) is 1. The fraction of sp³-hybridized carbons (Fsp3) is 1.00. The van der Waals surface area contributed by atoms with E-state index in [9.17, 15) is 5.11 Å². The smallest absolute Gasteiger partial charge is 0.0897 e. The maximum Gasteiger partial charge on any atom is 0.0897 e. The van der Waals surface area contributed by atoms with Gasteiger partial charge >= 0.3 is 0 Å². The van der Waals surface area contributed by atoms with Crippen LogP contribution in [0.4, 0.5) is 0 Å². The lowest BCUT2D eigenvalue weighted by molar-refractivity contribution is 0.0444. The first-order valence-electron chi connectivity index (χ1n) is 6.83. The van der Waals surface area contributed by atoms with Crippen LogP contribution >= 0.6 is 0 Å². The first-order valence-corrected chi connectivity index (χ1v) is 6.83. The molecule has 1 heterocycles. The van der Waals surface area contributed by atoms with E-state index in [2.05, 4.69) is 24.1 Å². The molecule has 0 bridgehead atoms. The largest absolute Gasteiger partial charge is 0.394 e. The lowest BCUT2D eigenvalue weighted by Crippen LogP contribution is -2.43. The molecule has 102 valence electrons. The van der Waals surface area contributed by atoms with E-state index in [1.165, 1.54) is 12.8 Å². The van der Waals surface area contributed by atoms with Crippen LogP contribution in [0, 0.1) is 11.8 Å². The Balaban J connectivity index is 2.19. The normalized spacial score (nSPS) is 24.2. The van der Waals surface area contributed by atoms with Gasteiger partial charge < -0.3 is 20.4 Å². The third kappa shape index (κ3) is 6.36. The lowest BCUT2D eigenvalue weighted by Gasteiger charge is -2.33. The molecule has 0 aromatic heterocycles. The van der Waals surface area contributed by atoms with E-state index in [0.29, 0.717) is 18.4 Å². The summed E-state index contributed by atoms with van der Waals surface area (Å²) in [5.74, 6) is 1.39. The summed E-state index contributed by atoms with van der Waals surface area (Å²) in [6, 6.07) is 0. The van der Waals surface area contributed by atoms with Crippen LogP contribution in [-0.2, 0) is 0 Å². The fourth-order valence-electron chi connectivity index (χ4n) is 2.42. The second-order valence-corrected chi connectivity index (χ2v) is 5.66. The van der Waals surface area contributed by atoms with E-state index in [-0.39, 0.29) is 6.61 Å². The van der Waals surface area contributed by atoms with Crippen LogP contribution in [-0.4, -0.2) is 60.5 Å². The predicted molar refractivity (Wildman–Crippen MR) is 70.0 cm³/mol. The van der Waals surface area contributed by atoms with Gasteiger partial charge in [-0.25, -0.2) is 0 Å². The number of aliphatic hydroxyl groups excluding tert-OH is 2. The maximum absolute atomic E-state index is 9.44. The summed E-state index contributed by atoms with van der Waals surface area (Å²) < 4.78 is 0. The van der Waals surface area contributed by atoms with Crippen molar-refractivity contribution in [3.63, 3.8) is 0 Å². The van der Waals surface area contributed by atoms with Gasteiger partial charge in [-0.05, 0) is 44.3 Å². The van der Waals surface area contributed by atoms with Gasteiger partial charge in [0, 0.05) is 13.1 Å². The molecule has 2 atom stereocenters. The number of β-amino-alcohol motifs (C(OH)–C–C–N with tert-alkyl or cyclic N) is 1. The molecule has 3 N–H and O–H groups in total. The minimum Gasteiger partial charge on any atom is -0.394 e. The average Bonchev–Trinajstić information content (AvgIpc) is 2.29. The molecule has 0 amide bonds. The highest BCUT2D eigenvalue weighted by molar-refractivity contribution is 4.76. The highest BCUT2D eigenvalue weighted by Gasteiger charge is 2.21. The molecule has 0 radical (unpaired) electrons. The van der Waals surface area contributed by atoms with Gasteiger partial charge in [-0.15, -0.1) is 0 Å². The van der Waals surface area contributed by atoms with Gasteiger partial charge in [0.05, 0.1) is 12.7 Å². The molecule has 0 aromatic carbocycles. The topological polar surface area (TPSA) is 55.7 Å². The number of hydrogen-bond donors (Lipinski definition) is 3. The Bertz CT molecular complexity index is 200. The Kier molecular flexibility index (Phi) is 7.04. The van der Waals surface area contributed by atoms with Crippen LogP contribution in [0.2, 0.25) is 0 Å². The Morgan fingerprint density at radius 3 is 2.82 bits per heavy atom. The summed E-state index contributed by atoms with van der Waals surface area (Å²) in [7, 11) is 0. The number of nitrogens with one attached hydrogen (secondary N) is 1. The van der Waals surface area contributed by atoms with Crippen LogP contribution in [0.3, 0.4) is 0 Å². The van der Waals surface area contributed by atoms with Crippen molar-refractivity contribution >= 4 is 0 Å². The van der Waals surface area contributed by atoms with Gasteiger partial charge in [0.1, 0.15) is 0 Å². The summed E-state index contributed by atoms with van der Waals surface area (Å²) >= 11 is 0. The molecule has 1 aliphatic rings. The Morgan fingerprint density at radius 2 is 2.18 bits per heavy atom. The van der Waals surface area contributed by atoms with Crippen molar-refractivity contribution in [2.24, 2.45) is 11.8 Å². The van der Waals surface area contributed by atoms with Crippen molar-refractivity contribution in [1.29, 1.82) is 0 Å². The lowest BCUT2D eigenvalue weighted by atomic mass is 9.97. The van der Waals surface area contributed by atoms with E-state index >= 15 is 0 Å². The summed E-state index contributed by atoms with van der Waals surface area (Å²) in [5.41, 5.74) is 0. The molecule has 4 heteroatoms. The van der Waals surface area contributed by atoms with E-state index in [0.717, 1.165) is 26.2 Å². The number of nitrogens with zero attached hydrogens (tertiary/aromatic N) is 1. The van der Waals surface area contributed by atoms with Crippen molar-refractivity contribution < 1.29 is 10.2 Å². The van der Waals surface area contributed by atoms with Crippen LogP contribution in [0.25, 0.3) is 0 Å². The molecule has 0 aliphatic carbocycles. The Morgan fingerprint density at radius 1 is 1.41 bits per heavy atom. The van der Waals surface area contributed by atoms with Gasteiger partial charge in [-0.2, -0.15) is 0 Å². The molecule has 2 unspecified atom stereocenters. The van der Waals surface area contributed by atoms with Crippen molar-refractivity contribution in [3.8, 4) is 0 Å². The van der Waals surface area contributed by atoms with Gasteiger partial charge in [0.25, 0.3) is 0 Å². The van der Waals surface area contributed by atoms with Crippen LogP contribution in [0.1, 0.15) is 26.7 Å². The third-order valence-corrected chi connectivity index (χ3v) is 3.27. The zero-order chi connectivity index (χ0) is 12.7. The molecule has 0 saturated carbocycles. The summed E-state index contributed by atoms with van der Waals surface area (Å²) in [6.45, 7) is 9.17. The Hall–Kier alpha value is -0.160. The van der Waals surface area contributed by atoms with Crippen molar-refractivity contribution in [1.82, 2.24) is 10.2 Å². The van der Waals surface area contributed by atoms with Crippen molar-refractivity contribution in [2.75, 3.05) is 39.3 Å². The van der Waals surface area contributed by atoms with E-state index in [1.807, 2.05) is 0 Å². The van der Waals surface area contributed by atoms with Crippen LogP contribution < -0.4 is 5.32 Å². The summed E-state index contributed by atoms with van der Waals surface area (Å²) in [5, 5.41) is 21.8. The molecule has 17 heavy (non-hydrogen) atoms. The fourth-order valence-corrected chi connectivity index (χ4v) is 2.42. The minimum atomic E-state index is -0.586. The van der Waals surface area contributed by atoms with Gasteiger partial charge in [-0.3, -0.25) is 0 Å². The van der Waals surface area contributed by atoms with Gasteiger partial charge in [0.15, 0.2) is 0 Å². The standard InChI is InChI=1S/C13H28N2O2/c1-11(2)6-14-7-12-4-3-5-15(8-12)9-13(17)10-16/h11-14,16-17H,3-10H2,1-2H3. The van der Waals surface area contributed by atoms with Crippen LogP contribution in [0.15, 0.2) is 0 Å². The minimum absolute atomic E-state index is 0.132. The summed E-state index contributed by atoms with van der Waals surface area (Å²) in [6.07, 6.45) is 1.89. The molecule has 1 rings (SSSR count). The van der Waals surface area contributed by atoms with Crippen molar-refractivity contribution in [3.05, 3.63) is 0 Å². The van der Waals surface area contributed by atoms with E-state index < -0.39 is 6.10 Å². The van der Waals surface area contributed by atoms with Gasteiger partial charge in [0.2, 0.25) is 0 Å². The molecule has 0 aromatic rings. The molecule has 1 fully saturated rings. The quantitative estimate of drug-likeness (QED) is 0.603. The first kappa shape index (κ1) is 14.9. The highest BCUT2D eigenvalue weighted by Crippen LogP contribution is 2.15. The first-order chi connectivity index (χ1) is 8.11. The molecule has 1 aliphatic heterocycles. The second kappa shape index (κ2) is 8.03. The Labute approximate surface area is 105 Å². The predicted octanol–water partition coefficient (Wildman–Crippen LogP) is 0.297. The monoisotopic (exact) mass is 244 g/mol. The molecule has 4 nitrogen and oxygen atoms in total. The number of aliphatic hydroxyl groups is 2. The zero-order valence-electron chi connectivity index (χ0n) is 11.2. The molecule has 0 spiro atoms. The van der Waals surface area contributed by atoms with Gasteiger partial charge in [-0.1, -0.05) is 13.8 Å². The second-order valence-electron chi connectivity index (χ2n) is 5.66. The number of rotatable bonds is 7. The zero-order valence-corrected chi connectivity index (χ0v) is 11.2. The average molecular weight is 244 g/mol.